The third-order valence-corrected chi connectivity index (χ3v) is 3.64. The highest BCUT2D eigenvalue weighted by atomic mass is 16.2. The summed E-state index contributed by atoms with van der Waals surface area (Å²) in [6.07, 6.45) is 3.13. The topological polar surface area (TPSA) is 54.9 Å². The second kappa shape index (κ2) is 7.31. The molecule has 0 aliphatic rings. The van der Waals surface area contributed by atoms with Gasteiger partial charge in [0.15, 0.2) is 0 Å². The van der Waals surface area contributed by atoms with Gasteiger partial charge in [-0.15, -0.1) is 0 Å². The van der Waals surface area contributed by atoms with Crippen LogP contribution < -0.4 is 5.32 Å². The van der Waals surface area contributed by atoms with E-state index in [0.29, 0.717) is 6.54 Å². The summed E-state index contributed by atoms with van der Waals surface area (Å²) >= 11 is 0. The minimum absolute atomic E-state index is 0.0880. The van der Waals surface area contributed by atoms with E-state index in [2.05, 4.69) is 39.6 Å². The lowest BCUT2D eigenvalue weighted by Crippen LogP contribution is -2.30. The predicted molar refractivity (Wildman–Crippen MR) is 89.1 cm³/mol. The molecule has 3 aromatic rings. The summed E-state index contributed by atoms with van der Waals surface area (Å²) in [6.45, 7) is 0.491. The van der Waals surface area contributed by atoms with Crippen molar-refractivity contribution in [1.29, 1.82) is 0 Å². The predicted octanol–water partition coefficient (Wildman–Crippen LogP) is 3.04. The molecule has 0 saturated heterocycles. The maximum absolute atomic E-state index is 12.2. The van der Waals surface area contributed by atoms with Crippen molar-refractivity contribution >= 4 is 5.91 Å². The number of carbonyl (C=O) groups is 1. The molecule has 0 unspecified atom stereocenters. The monoisotopic (exact) mass is 303 g/mol. The molecular weight excluding hydrogens is 286 g/mol. The van der Waals surface area contributed by atoms with Crippen LogP contribution >= 0.6 is 0 Å². The van der Waals surface area contributed by atoms with Gasteiger partial charge in [0.2, 0.25) is 5.82 Å². The number of rotatable bonds is 5. The first-order valence-corrected chi connectivity index (χ1v) is 7.49. The molecular formula is C19H17N3O. The van der Waals surface area contributed by atoms with E-state index < -0.39 is 0 Å². The molecule has 0 fully saturated rings. The molecule has 1 amide bonds. The molecule has 0 spiro atoms. The highest BCUT2D eigenvalue weighted by molar-refractivity contribution is 5.90. The molecule has 1 heterocycles. The molecule has 3 rings (SSSR count). The molecule has 114 valence electrons. The molecule has 23 heavy (non-hydrogen) atoms. The fourth-order valence-corrected chi connectivity index (χ4v) is 2.49. The molecule has 0 aliphatic heterocycles. The summed E-state index contributed by atoms with van der Waals surface area (Å²) in [5, 5.41) is 2.93. The Hall–Kier alpha value is -3.01. The summed E-state index contributed by atoms with van der Waals surface area (Å²) in [5.74, 6) is 0.0138. The van der Waals surface area contributed by atoms with Gasteiger partial charge in [-0.2, -0.15) is 0 Å². The molecule has 1 N–H and O–H groups in total. The first-order chi connectivity index (χ1) is 11.3. The van der Waals surface area contributed by atoms with Crippen LogP contribution in [0.5, 0.6) is 0 Å². The van der Waals surface area contributed by atoms with E-state index in [9.17, 15) is 4.79 Å². The van der Waals surface area contributed by atoms with Gasteiger partial charge < -0.3 is 5.32 Å². The Morgan fingerprint density at radius 3 is 1.87 bits per heavy atom. The standard InChI is InChI=1S/C19H17N3O/c23-19(18-20-12-7-13-21-18)22-14-17(15-8-3-1-4-9-15)16-10-5-2-6-11-16/h1-13,17H,14H2,(H,22,23). The van der Waals surface area contributed by atoms with Crippen molar-refractivity contribution in [2.24, 2.45) is 0 Å². The summed E-state index contributed by atoms with van der Waals surface area (Å²) in [6, 6.07) is 22.0. The van der Waals surface area contributed by atoms with Crippen LogP contribution in [0.1, 0.15) is 27.7 Å². The summed E-state index contributed by atoms with van der Waals surface area (Å²) in [4.78, 5) is 20.1. The van der Waals surface area contributed by atoms with Crippen molar-refractivity contribution < 1.29 is 4.79 Å². The highest BCUT2D eigenvalue weighted by Gasteiger charge is 2.16. The van der Waals surface area contributed by atoms with Gasteiger partial charge in [0.1, 0.15) is 0 Å². The van der Waals surface area contributed by atoms with Crippen molar-refractivity contribution in [3.63, 3.8) is 0 Å². The zero-order valence-electron chi connectivity index (χ0n) is 12.6. The average Bonchev–Trinajstić information content (AvgIpc) is 2.64. The van der Waals surface area contributed by atoms with Crippen LogP contribution in [0, 0.1) is 0 Å². The Morgan fingerprint density at radius 1 is 0.826 bits per heavy atom. The fourth-order valence-electron chi connectivity index (χ4n) is 2.49. The van der Waals surface area contributed by atoms with E-state index in [1.165, 1.54) is 0 Å². The maximum Gasteiger partial charge on any atom is 0.289 e. The van der Waals surface area contributed by atoms with Crippen molar-refractivity contribution in [1.82, 2.24) is 15.3 Å². The molecule has 2 aromatic carbocycles. The Labute approximate surface area is 135 Å². The number of benzene rings is 2. The fraction of sp³-hybridized carbons (Fsp3) is 0.105. The van der Waals surface area contributed by atoms with E-state index in [-0.39, 0.29) is 17.6 Å². The van der Waals surface area contributed by atoms with Gasteiger partial charge >= 0.3 is 0 Å². The normalized spacial score (nSPS) is 10.5. The minimum atomic E-state index is -0.262. The molecule has 0 aliphatic carbocycles. The van der Waals surface area contributed by atoms with Gasteiger partial charge in [0, 0.05) is 24.9 Å². The Kier molecular flexibility index (Phi) is 4.74. The van der Waals surface area contributed by atoms with Crippen LogP contribution in [0.4, 0.5) is 0 Å². The largest absolute Gasteiger partial charge is 0.348 e. The molecule has 1 aromatic heterocycles. The molecule has 4 heteroatoms. The molecule has 0 saturated carbocycles. The van der Waals surface area contributed by atoms with Crippen molar-refractivity contribution in [3.8, 4) is 0 Å². The zero-order valence-corrected chi connectivity index (χ0v) is 12.6. The van der Waals surface area contributed by atoms with Crippen molar-refractivity contribution in [2.75, 3.05) is 6.54 Å². The number of carbonyl (C=O) groups excluding carboxylic acids is 1. The van der Waals surface area contributed by atoms with Crippen LogP contribution in [0.2, 0.25) is 0 Å². The highest BCUT2D eigenvalue weighted by Crippen LogP contribution is 2.23. The third-order valence-electron chi connectivity index (χ3n) is 3.64. The Morgan fingerprint density at radius 2 is 1.35 bits per heavy atom. The molecule has 0 radical (unpaired) electrons. The Balaban J connectivity index is 1.79. The summed E-state index contributed by atoms with van der Waals surface area (Å²) < 4.78 is 0. The number of nitrogens with zero attached hydrogens (tertiary/aromatic N) is 2. The van der Waals surface area contributed by atoms with Gasteiger partial charge in [0.25, 0.3) is 5.91 Å². The van der Waals surface area contributed by atoms with Gasteiger partial charge in [0.05, 0.1) is 0 Å². The maximum atomic E-state index is 12.2. The van der Waals surface area contributed by atoms with Crippen LogP contribution in [0.15, 0.2) is 79.1 Å². The lowest BCUT2D eigenvalue weighted by atomic mass is 9.91. The summed E-state index contributed by atoms with van der Waals surface area (Å²) in [7, 11) is 0. The van der Waals surface area contributed by atoms with E-state index in [4.69, 9.17) is 0 Å². The number of hydrogen-bond acceptors (Lipinski definition) is 3. The first-order valence-electron chi connectivity index (χ1n) is 7.49. The third kappa shape index (κ3) is 3.80. The van der Waals surface area contributed by atoms with Crippen LogP contribution in [-0.4, -0.2) is 22.4 Å². The van der Waals surface area contributed by atoms with Crippen LogP contribution in [-0.2, 0) is 0 Å². The van der Waals surface area contributed by atoms with Crippen LogP contribution in [0.25, 0.3) is 0 Å². The number of amides is 1. The van der Waals surface area contributed by atoms with Crippen molar-refractivity contribution in [3.05, 3.63) is 96.1 Å². The number of aromatic nitrogens is 2. The Bertz CT molecular complexity index is 706. The SMILES string of the molecule is O=C(NCC(c1ccccc1)c1ccccc1)c1ncccn1. The van der Waals surface area contributed by atoms with E-state index >= 15 is 0 Å². The quantitative estimate of drug-likeness (QED) is 0.788. The summed E-state index contributed by atoms with van der Waals surface area (Å²) in [5.41, 5.74) is 2.32. The number of nitrogens with one attached hydrogen (secondary N) is 1. The van der Waals surface area contributed by atoms with Crippen molar-refractivity contribution in [2.45, 2.75) is 5.92 Å². The van der Waals surface area contributed by atoms with Gasteiger partial charge in [-0.05, 0) is 17.2 Å². The van der Waals surface area contributed by atoms with Gasteiger partial charge in [-0.25, -0.2) is 9.97 Å². The second-order valence-electron chi connectivity index (χ2n) is 5.16. The van der Waals surface area contributed by atoms with E-state index in [1.807, 2.05) is 36.4 Å². The van der Waals surface area contributed by atoms with Gasteiger partial charge in [-0.3, -0.25) is 4.79 Å². The lowest BCUT2D eigenvalue weighted by molar-refractivity contribution is 0.0942. The molecule has 0 atom stereocenters. The average molecular weight is 303 g/mol. The smallest absolute Gasteiger partial charge is 0.289 e. The molecule has 0 bridgehead atoms. The van der Waals surface area contributed by atoms with E-state index in [0.717, 1.165) is 11.1 Å². The zero-order chi connectivity index (χ0) is 15.9. The van der Waals surface area contributed by atoms with Gasteiger partial charge in [-0.1, -0.05) is 60.7 Å². The molecule has 4 nitrogen and oxygen atoms in total. The van der Waals surface area contributed by atoms with E-state index in [1.54, 1.807) is 18.5 Å². The second-order valence-corrected chi connectivity index (χ2v) is 5.16. The lowest BCUT2D eigenvalue weighted by Gasteiger charge is -2.18. The minimum Gasteiger partial charge on any atom is -0.348 e. The first kappa shape index (κ1) is 14.9. The number of hydrogen-bond donors (Lipinski definition) is 1. The van der Waals surface area contributed by atoms with Crippen LogP contribution in [0.3, 0.4) is 0 Å².